The number of imidazole rings is 1. The van der Waals surface area contributed by atoms with Crippen LogP contribution in [0.1, 0.15) is 0 Å². The zero-order valence-electron chi connectivity index (χ0n) is 9.70. The van der Waals surface area contributed by atoms with E-state index in [1.807, 2.05) is 0 Å². The number of ether oxygens (including phenoxy) is 1. The standard InChI is InChI=1S/C11H10N4O4/c16-10(14-11-12-5-6-13-11)7-19-9-3-1-8(2-4-9)15(17)18/h1-6H,7H2,(H2,12,13,14,16). The van der Waals surface area contributed by atoms with Crippen molar-refractivity contribution in [2.75, 3.05) is 11.9 Å². The zero-order chi connectivity index (χ0) is 13.7. The highest BCUT2D eigenvalue weighted by Crippen LogP contribution is 2.17. The summed E-state index contributed by atoms with van der Waals surface area (Å²) in [7, 11) is 0. The fourth-order valence-electron chi connectivity index (χ4n) is 1.31. The third kappa shape index (κ3) is 3.53. The third-order valence-electron chi connectivity index (χ3n) is 2.17. The molecule has 0 saturated heterocycles. The van der Waals surface area contributed by atoms with Crippen molar-refractivity contribution in [2.24, 2.45) is 0 Å². The average Bonchev–Trinajstić information content (AvgIpc) is 2.89. The maximum atomic E-state index is 11.5. The molecule has 2 aromatic rings. The van der Waals surface area contributed by atoms with E-state index in [1.54, 1.807) is 6.20 Å². The molecule has 1 heterocycles. The summed E-state index contributed by atoms with van der Waals surface area (Å²) >= 11 is 0. The van der Waals surface area contributed by atoms with Gasteiger partial charge in [-0.05, 0) is 12.1 Å². The topological polar surface area (TPSA) is 110 Å². The lowest BCUT2D eigenvalue weighted by Crippen LogP contribution is -2.20. The Morgan fingerprint density at radius 1 is 1.42 bits per heavy atom. The molecule has 0 unspecified atom stereocenters. The maximum absolute atomic E-state index is 11.5. The fraction of sp³-hybridized carbons (Fsp3) is 0.0909. The number of H-pyrrole nitrogens is 1. The Kier molecular flexibility index (Phi) is 3.72. The number of aromatic nitrogens is 2. The molecule has 0 bridgehead atoms. The predicted octanol–water partition coefficient (Wildman–Crippen LogP) is 1.34. The van der Waals surface area contributed by atoms with Gasteiger partial charge in [-0.15, -0.1) is 0 Å². The molecule has 2 N–H and O–H groups in total. The predicted molar refractivity (Wildman–Crippen MR) is 65.8 cm³/mol. The van der Waals surface area contributed by atoms with Crippen LogP contribution in [0.4, 0.5) is 11.6 Å². The minimum absolute atomic E-state index is 0.0348. The largest absolute Gasteiger partial charge is 0.484 e. The smallest absolute Gasteiger partial charge is 0.269 e. The fourth-order valence-corrected chi connectivity index (χ4v) is 1.31. The van der Waals surface area contributed by atoms with Gasteiger partial charge in [-0.3, -0.25) is 20.2 Å². The van der Waals surface area contributed by atoms with Crippen LogP contribution in [0.5, 0.6) is 5.75 Å². The Morgan fingerprint density at radius 3 is 2.74 bits per heavy atom. The first-order valence-electron chi connectivity index (χ1n) is 5.31. The number of hydrogen-bond acceptors (Lipinski definition) is 5. The molecule has 1 amide bonds. The molecule has 19 heavy (non-hydrogen) atoms. The summed E-state index contributed by atoms with van der Waals surface area (Å²) in [5.74, 6) is 0.325. The number of amides is 1. The number of nitro groups is 1. The third-order valence-corrected chi connectivity index (χ3v) is 2.17. The number of non-ortho nitro benzene ring substituents is 1. The van der Waals surface area contributed by atoms with E-state index >= 15 is 0 Å². The van der Waals surface area contributed by atoms with Gasteiger partial charge in [0.25, 0.3) is 11.6 Å². The molecule has 8 nitrogen and oxygen atoms in total. The van der Waals surface area contributed by atoms with Crippen LogP contribution >= 0.6 is 0 Å². The van der Waals surface area contributed by atoms with E-state index in [-0.39, 0.29) is 18.2 Å². The van der Waals surface area contributed by atoms with Gasteiger partial charge < -0.3 is 9.72 Å². The van der Waals surface area contributed by atoms with E-state index in [2.05, 4.69) is 15.3 Å². The van der Waals surface area contributed by atoms with E-state index in [9.17, 15) is 14.9 Å². The summed E-state index contributed by atoms with van der Waals surface area (Å²) in [6.07, 6.45) is 3.08. The van der Waals surface area contributed by atoms with Crippen LogP contribution in [-0.2, 0) is 4.79 Å². The SMILES string of the molecule is O=C(COc1ccc([N+](=O)[O-])cc1)Nc1ncc[nH]1. The molecule has 0 saturated carbocycles. The van der Waals surface area contributed by atoms with Gasteiger partial charge in [-0.2, -0.15) is 0 Å². The van der Waals surface area contributed by atoms with Crippen molar-refractivity contribution in [3.63, 3.8) is 0 Å². The molecular formula is C11H10N4O4. The van der Waals surface area contributed by atoms with E-state index in [0.29, 0.717) is 11.7 Å². The summed E-state index contributed by atoms with van der Waals surface area (Å²) in [6.45, 7) is -0.210. The van der Waals surface area contributed by atoms with Gasteiger partial charge in [0, 0.05) is 24.5 Å². The Labute approximate surface area is 107 Å². The number of nitro benzene ring substituents is 1. The first-order valence-corrected chi connectivity index (χ1v) is 5.31. The second-order valence-corrected chi connectivity index (χ2v) is 3.53. The second-order valence-electron chi connectivity index (χ2n) is 3.53. The number of benzene rings is 1. The number of rotatable bonds is 5. The second kappa shape index (κ2) is 5.63. The molecule has 0 radical (unpaired) electrons. The maximum Gasteiger partial charge on any atom is 0.269 e. The molecule has 8 heteroatoms. The lowest BCUT2D eigenvalue weighted by Gasteiger charge is -2.05. The number of anilines is 1. The highest BCUT2D eigenvalue weighted by molar-refractivity contribution is 5.90. The number of hydrogen-bond donors (Lipinski definition) is 2. The molecule has 0 atom stereocenters. The Balaban J connectivity index is 1.84. The van der Waals surface area contributed by atoms with Crippen molar-refractivity contribution >= 4 is 17.5 Å². The van der Waals surface area contributed by atoms with E-state index < -0.39 is 4.92 Å². The normalized spacial score (nSPS) is 9.89. The number of carbonyl (C=O) groups excluding carboxylic acids is 1. The Hall–Kier alpha value is -2.90. The van der Waals surface area contributed by atoms with Gasteiger partial charge >= 0.3 is 0 Å². The summed E-state index contributed by atoms with van der Waals surface area (Å²) in [4.78, 5) is 27.9. The minimum atomic E-state index is -0.507. The van der Waals surface area contributed by atoms with Crippen LogP contribution < -0.4 is 10.1 Å². The summed E-state index contributed by atoms with van der Waals surface area (Å²) in [5, 5.41) is 12.9. The first kappa shape index (κ1) is 12.6. The molecule has 0 spiro atoms. The van der Waals surface area contributed by atoms with Gasteiger partial charge in [0.15, 0.2) is 6.61 Å². The van der Waals surface area contributed by atoms with E-state index in [4.69, 9.17) is 4.74 Å². The molecule has 1 aromatic heterocycles. The lowest BCUT2D eigenvalue weighted by molar-refractivity contribution is -0.384. The molecule has 0 fully saturated rings. The minimum Gasteiger partial charge on any atom is -0.484 e. The van der Waals surface area contributed by atoms with Gasteiger partial charge in [0.05, 0.1) is 4.92 Å². The summed E-state index contributed by atoms with van der Waals surface area (Å²) < 4.78 is 5.17. The number of carbonyl (C=O) groups is 1. The molecule has 98 valence electrons. The Bertz CT molecular complexity index is 565. The van der Waals surface area contributed by atoms with Gasteiger partial charge in [0.1, 0.15) is 5.75 Å². The van der Waals surface area contributed by atoms with E-state index in [0.717, 1.165) is 0 Å². The molecular weight excluding hydrogens is 252 g/mol. The molecule has 0 aliphatic carbocycles. The molecule has 2 rings (SSSR count). The van der Waals surface area contributed by atoms with Crippen molar-refractivity contribution < 1.29 is 14.5 Å². The van der Waals surface area contributed by atoms with Gasteiger partial charge in [-0.25, -0.2) is 4.98 Å². The number of nitrogens with zero attached hydrogens (tertiary/aromatic N) is 2. The quantitative estimate of drug-likeness (QED) is 0.624. The molecule has 0 aliphatic rings. The molecule has 0 aliphatic heterocycles. The van der Waals surface area contributed by atoms with Crippen molar-refractivity contribution in [3.05, 3.63) is 46.8 Å². The van der Waals surface area contributed by atoms with Crippen molar-refractivity contribution in [1.29, 1.82) is 0 Å². The average molecular weight is 262 g/mol. The van der Waals surface area contributed by atoms with Crippen LogP contribution in [0.3, 0.4) is 0 Å². The van der Waals surface area contributed by atoms with Crippen molar-refractivity contribution in [1.82, 2.24) is 9.97 Å². The highest BCUT2D eigenvalue weighted by atomic mass is 16.6. The van der Waals surface area contributed by atoms with Gasteiger partial charge in [-0.1, -0.05) is 0 Å². The van der Waals surface area contributed by atoms with Crippen molar-refractivity contribution in [2.45, 2.75) is 0 Å². The van der Waals surface area contributed by atoms with Crippen LogP contribution in [0.25, 0.3) is 0 Å². The summed E-state index contributed by atoms with van der Waals surface area (Å²) in [6, 6.07) is 5.47. The number of aromatic amines is 1. The van der Waals surface area contributed by atoms with Crippen LogP contribution in [-0.4, -0.2) is 27.4 Å². The monoisotopic (exact) mass is 262 g/mol. The summed E-state index contributed by atoms with van der Waals surface area (Å²) in [5.41, 5.74) is -0.0348. The zero-order valence-corrected chi connectivity index (χ0v) is 9.70. The van der Waals surface area contributed by atoms with Crippen molar-refractivity contribution in [3.8, 4) is 5.75 Å². The van der Waals surface area contributed by atoms with Crippen LogP contribution in [0, 0.1) is 10.1 Å². The first-order chi connectivity index (χ1) is 9.15. The molecule has 1 aromatic carbocycles. The lowest BCUT2D eigenvalue weighted by atomic mass is 10.3. The van der Waals surface area contributed by atoms with Crippen LogP contribution in [0.2, 0.25) is 0 Å². The van der Waals surface area contributed by atoms with Crippen LogP contribution in [0.15, 0.2) is 36.7 Å². The van der Waals surface area contributed by atoms with Gasteiger partial charge in [0.2, 0.25) is 5.95 Å². The highest BCUT2D eigenvalue weighted by Gasteiger charge is 2.07. The number of nitrogens with one attached hydrogen (secondary N) is 2. The van der Waals surface area contributed by atoms with E-state index in [1.165, 1.54) is 30.5 Å². The Morgan fingerprint density at radius 2 is 2.16 bits per heavy atom.